The second kappa shape index (κ2) is 4.47. The number of isocyanates is 1. The highest BCUT2D eigenvalue weighted by Crippen LogP contribution is 2.26. The molecule has 86 valence electrons. The minimum absolute atomic E-state index is 0.00542. The van der Waals surface area contributed by atoms with Crippen LogP contribution < -0.4 is 4.74 Å². The smallest absolute Gasteiger partial charge is 0.292 e. The number of rotatable bonds is 3. The molecule has 5 nitrogen and oxygen atoms in total. The SMILES string of the molecule is COc1cc(C)c(S(=O)(=O)N=C=O)cc1C. The van der Waals surface area contributed by atoms with Gasteiger partial charge in [-0.25, -0.2) is 4.79 Å². The van der Waals surface area contributed by atoms with E-state index in [-0.39, 0.29) is 4.90 Å². The minimum Gasteiger partial charge on any atom is -0.496 e. The lowest BCUT2D eigenvalue weighted by atomic mass is 10.1. The Balaban J connectivity index is 3.49. The number of sulfonamides is 1. The van der Waals surface area contributed by atoms with Crippen molar-refractivity contribution < 1.29 is 17.9 Å². The molecular formula is C10H11NO4S. The van der Waals surface area contributed by atoms with Crippen molar-refractivity contribution in [1.29, 1.82) is 0 Å². The molecule has 16 heavy (non-hydrogen) atoms. The van der Waals surface area contributed by atoms with Crippen molar-refractivity contribution in [1.82, 2.24) is 0 Å². The van der Waals surface area contributed by atoms with Crippen LogP contribution in [0, 0.1) is 13.8 Å². The van der Waals surface area contributed by atoms with E-state index in [1.54, 1.807) is 19.9 Å². The molecule has 0 N–H and O–H groups in total. The lowest BCUT2D eigenvalue weighted by Gasteiger charge is -2.08. The van der Waals surface area contributed by atoms with Crippen LogP contribution in [0.4, 0.5) is 0 Å². The highest BCUT2D eigenvalue weighted by atomic mass is 32.2. The maximum atomic E-state index is 11.5. The van der Waals surface area contributed by atoms with Gasteiger partial charge in [-0.15, -0.1) is 0 Å². The first-order valence-electron chi connectivity index (χ1n) is 4.41. The van der Waals surface area contributed by atoms with Gasteiger partial charge in [-0.3, -0.25) is 0 Å². The summed E-state index contributed by atoms with van der Waals surface area (Å²) in [5.41, 5.74) is 1.13. The first-order valence-corrected chi connectivity index (χ1v) is 5.85. The zero-order chi connectivity index (χ0) is 12.3. The van der Waals surface area contributed by atoms with E-state index in [0.717, 1.165) is 6.08 Å². The van der Waals surface area contributed by atoms with Gasteiger partial charge in [-0.2, -0.15) is 8.42 Å². The van der Waals surface area contributed by atoms with Gasteiger partial charge in [0.2, 0.25) is 0 Å². The van der Waals surface area contributed by atoms with Crippen molar-refractivity contribution in [3.63, 3.8) is 0 Å². The summed E-state index contributed by atoms with van der Waals surface area (Å²) in [6, 6.07) is 3.01. The summed E-state index contributed by atoms with van der Waals surface area (Å²) in [4.78, 5) is 10.0. The molecule has 0 aliphatic carbocycles. The summed E-state index contributed by atoms with van der Waals surface area (Å²) in [5, 5.41) is 0. The normalized spacial score (nSPS) is 10.7. The van der Waals surface area contributed by atoms with E-state index in [9.17, 15) is 13.2 Å². The summed E-state index contributed by atoms with van der Waals surface area (Å²) in [5.74, 6) is 0.589. The highest BCUT2D eigenvalue weighted by molar-refractivity contribution is 7.90. The quantitative estimate of drug-likeness (QED) is 0.591. The minimum atomic E-state index is -3.94. The molecular weight excluding hydrogens is 230 g/mol. The lowest BCUT2D eigenvalue weighted by Crippen LogP contribution is -2.01. The Kier molecular flexibility index (Phi) is 3.47. The van der Waals surface area contributed by atoms with Gasteiger partial charge in [0.15, 0.2) is 0 Å². The van der Waals surface area contributed by atoms with Crippen LogP contribution in [0.3, 0.4) is 0 Å². The third kappa shape index (κ3) is 2.29. The number of nitrogens with zero attached hydrogens (tertiary/aromatic N) is 1. The van der Waals surface area contributed by atoms with Gasteiger partial charge >= 0.3 is 0 Å². The molecule has 1 aromatic carbocycles. The van der Waals surface area contributed by atoms with Crippen molar-refractivity contribution >= 4 is 16.1 Å². The Hall–Kier alpha value is -1.65. The molecule has 0 bridgehead atoms. The maximum Gasteiger partial charge on any atom is 0.292 e. The summed E-state index contributed by atoms with van der Waals surface area (Å²) in [6.07, 6.45) is 1.04. The lowest BCUT2D eigenvalue weighted by molar-refractivity contribution is 0.411. The van der Waals surface area contributed by atoms with E-state index in [0.29, 0.717) is 16.9 Å². The molecule has 0 aromatic heterocycles. The van der Waals surface area contributed by atoms with Gasteiger partial charge < -0.3 is 4.74 Å². The number of benzene rings is 1. The fourth-order valence-electron chi connectivity index (χ4n) is 1.36. The molecule has 1 rings (SSSR count). The van der Waals surface area contributed by atoms with Gasteiger partial charge in [0.05, 0.1) is 12.0 Å². The van der Waals surface area contributed by atoms with E-state index >= 15 is 0 Å². The van der Waals surface area contributed by atoms with Crippen LogP contribution in [-0.4, -0.2) is 21.6 Å². The molecule has 0 unspecified atom stereocenters. The highest BCUT2D eigenvalue weighted by Gasteiger charge is 2.17. The molecule has 0 spiro atoms. The van der Waals surface area contributed by atoms with Crippen LogP contribution >= 0.6 is 0 Å². The molecule has 0 fully saturated rings. The third-order valence-electron chi connectivity index (χ3n) is 2.13. The Morgan fingerprint density at radius 1 is 1.25 bits per heavy atom. The van der Waals surface area contributed by atoms with Crippen LogP contribution in [0.1, 0.15) is 11.1 Å². The third-order valence-corrected chi connectivity index (χ3v) is 3.44. The predicted octanol–water partition coefficient (Wildman–Crippen LogP) is 1.34. The molecule has 0 radical (unpaired) electrons. The van der Waals surface area contributed by atoms with Crippen LogP contribution in [0.25, 0.3) is 0 Å². The van der Waals surface area contributed by atoms with E-state index in [2.05, 4.69) is 4.40 Å². The average Bonchev–Trinajstić information content (AvgIpc) is 2.20. The number of hydrogen-bond acceptors (Lipinski definition) is 4. The van der Waals surface area contributed by atoms with Crippen molar-refractivity contribution in [3.05, 3.63) is 23.3 Å². The zero-order valence-electron chi connectivity index (χ0n) is 9.14. The fraction of sp³-hybridized carbons (Fsp3) is 0.300. The second-order valence-electron chi connectivity index (χ2n) is 3.24. The summed E-state index contributed by atoms with van der Waals surface area (Å²) in [6.45, 7) is 3.32. The number of hydrogen-bond donors (Lipinski definition) is 0. The fourth-order valence-corrected chi connectivity index (χ4v) is 2.35. The molecule has 0 atom stereocenters. The van der Waals surface area contributed by atoms with Crippen molar-refractivity contribution in [2.75, 3.05) is 7.11 Å². The van der Waals surface area contributed by atoms with Gasteiger partial charge in [0.25, 0.3) is 16.1 Å². The summed E-state index contributed by atoms with van der Waals surface area (Å²) < 4.78 is 30.9. The van der Waals surface area contributed by atoms with Crippen LogP contribution in [-0.2, 0) is 14.8 Å². The maximum absolute atomic E-state index is 11.5. The largest absolute Gasteiger partial charge is 0.496 e. The van der Waals surface area contributed by atoms with Gasteiger partial charge in [-0.05, 0) is 37.1 Å². The molecule has 0 saturated carbocycles. The molecule has 6 heteroatoms. The van der Waals surface area contributed by atoms with Gasteiger partial charge in [-0.1, -0.05) is 4.40 Å². The van der Waals surface area contributed by atoms with E-state index in [1.807, 2.05) is 0 Å². The van der Waals surface area contributed by atoms with E-state index in [4.69, 9.17) is 4.74 Å². The Bertz CT molecular complexity index is 556. The summed E-state index contributed by atoms with van der Waals surface area (Å²) >= 11 is 0. The molecule has 0 saturated heterocycles. The molecule has 0 amide bonds. The number of ether oxygens (including phenoxy) is 1. The first kappa shape index (κ1) is 12.4. The predicted molar refractivity (Wildman–Crippen MR) is 57.8 cm³/mol. The molecule has 0 heterocycles. The average molecular weight is 241 g/mol. The van der Waals surface area contributed by atoms with Crippen molar-refractivity contribution in [2.45, 2.75) is 18.7 Å². The van der Waals surface area contributed by atoms with Crippen LogP contribution in [0.5, 0.6) is 5.75 Å². The first-order chi connectivity index (χ1) is 7.42. The number of carbonyl (C=O) groups excluding carboxylic acids is 1. The molecule has 1 aromatic rings. The van der Waals surface area contributed by atoms with Crippen molar-refractivity contribution in [3.8, 4) is 5.75 Å². The number of aryl methyl sites for hydroxylation is 2. The van der Waals surface area contributed by atoms with Crippen molar-refractivity contribution in [2.24, 2.45) is 4.40 Å². The Morgan fingerprint density at radius 3 is 2.38 bits per heavy atom. The molecule has 0 aliphatic heterocycles. The van der Waals surface area contributed by atoms with Crippen LogP contribution in [0.15, 0.2) is 21.4 Å². The number of methoxy groups -OCH3 is 1. The van der Waals surface area contributed by atoms with Crippen LogP contribution in [0.2, 0.25) is 0 Å². The standard InChI is InChI=1S/C10H11NO4S/c1-7-5-10(16(13,14)11-6-12)8(2)4-9(7)15-3/h4-5H,1-3H3. The van der Waals surface area contributed by atoms with E-state index in [1.165, 1.54) is 13.2 Å². The Morgan fingerprint density at radius 2 is 1.88 bits per heavy atom. The summed E-state index contributed by atoms with van der Waals surface area (Å²) in [7, 11) is -2.44. The monoisotopic (exact) mass is 241 g/mol. The zero-order valence-corrected chi connectivity index (χ0v) is 9.96. The second-order valence-corrected chi connectivity index (χ2v) is 4.82. The Labute approximate surface area is 93.8 Å². The van der Waals surface area contributed by atoms with E-state index < -0.39 is 10.0 Å². The molecule has 0 aliphatic rings. The van der Waals surface area contributed by atoms with Gasteiger partial charge in [0, 0.05) is 0 Å². The van der Waals surface area contributed by atoms with Gasteiger partial charge in [0.1, 0.15) is 5.75 Å². The topological polar surface area (TPSA) is 72.8 Å².